The van der Waals surface area contributed by atoms with Gasteiger partial charge < -0.3 is 15.0 Å². The minimum Gasteiger partial charge on any atom is -0.378 e. The summed E-state index contributed by atoms with van der Waals surface area (Å²) in [5, 5.41) is 3.65. The number of likely N-dealkylation sites (tertiary alicyclic amines) is 2. The van der Waals surface area contributed by atoms with E-state index in [0.717, 1.165) is 63.0 Å². The monoisotopic (exact) mass is 359 g/mol. The molecule has 0 bridgehead atoms. The summed E-state index contributed by atoms with van der Waals surface area (Å²) in [4.78, 5) is 25.0. The summed E-state index contributed by atoms with van der Waals surface area (Å²) in [6.07, 6.45) is 6.05. The molecule has 3 heterocycles. The Morgan fingerprint density at radius 1 is 1.27 bits per heavy atom. The molecular formula is C19H29N5O2. The molecule has 1 N–H and O–H groups in total. The molecule has 1 amide bonds. The Morgan fingerprint density at radius 3 is 2.88 bits per heavy atom. The lowest BCUT2D eigenvalue weighted by Crippen LogP contribution is -2.35. The highest BCUT2D eigenvalue weighted by molar-refractivity contribution is 5.78. The second-order valence-corrected chi connectivity index (χ2v) is 7.82. The summed E-state index contributed by atoms with van der Waals surface area (Å²) in [5.41, 5.74) is 0.898. The van der Waals surface area contributed by atoms with Gasteiger partial charge in [0.15, 0.2) is 0 Å². The average molecular weight is 359 g/mol. The molecule has 7 heteroatoms. The lowest BCUT2D eigenvalue weighted by Gasteiger charge is -2.21. The number of carbonyl (C=O) groups excluding carboxylic acids is 1. The third kappa shape index (κ3) is 4.15. The quantitative estimate of drug-likeness (QED) is 0.756. The van der Waals surface area contributed by atoms with Gasteiger partial charge in [-0.25, -0.2) is 9.97 Å². The van der Waals surface area contributed by atoms with Crippen molar-refractivity contribution in [2.24, 2.45) is 11.8 Å². The van der Waals surface area contributed by atoms with Crippen molar-refractivity contribution in [3.8, 4) is 0 Å². The number of nitrogens with zero attached hydrogens (tertiary/aromatic N) is 4. The Bertz CT molecular complexity index is 636. The highest BCUT2D eigenvalue weighted by Gasteiger charge is 2.42. The Balaban J connectivity index is 1.35. The zero-order valence-corrected chi connectivity index (χ0v) is 15.6. The molecule has 0 aromatic carbocycles. The van der Waals surface area contributed by atoms with Crippen molar-refractivity contribution in [3.05, 3.63) is 18.1 Å². The molecule has 2 saturated heterocycles. The summed E-state index contributed by atoms with van der Waals surface area (Å²) >= 11 is 0. The van der Waals surface area contributed by atoms with Gasteiger partial charge in [-0.1, -0.05) is 0 Å². The van der Waals surface area contributed by atoms with Gasteiger partial charge in [0.1, 0.15) is 12.1 Å². The predicted molar refractivity (Wildman–Crippen MR) is 98.6 cm³/mol. The molecule has 2 aliphatic heterocycles. The molecule has 142 valence electrons. The third-order valence-corrected chi connectivity index (χ3v) is 5.87. The van der Waals surface area contributed by atoms with Gasteiger partial charge in [0.2, 0.25) is 5.91 Å². The number of methoxy groups -OCH3 is 1. The van der Waals surface area contributed by atoms with E-state index in [-0.39, 0.29) is 0 Å². The van der Waals surface area contributed by atoms with Crippen LogP contribution in [-0.2, 0) is 16.1 Å². The zero-order chi connectivity index (χ0) is 17.9. The molecule has 1 saturated carbocycles. The van der Waals surface area contributed by atoms with Crippen LogP contribution < -0.4 is 5.32 Å². The van der Waals surface area contributed by atoms with Gasteiger partial charge in [-0.05, 0) is 31.1 Å². The normalized spacial score (nSPS) is 26.7. The van der Waals surface area contributed by atoms with Crippen LogP contribution in [0.25, 0.3) is 0 Å². The van der Waals surface area contributed by atoms with Gasteiger partial charge in [0.25, 0.3) is 0 Å². The molecule has 26 heavy (non-hydrogen) atoms. The van der Waals surface area contributed by atoms with Crippen LogP contribution in [0.5, 0.6) is 0 Å². The topological polar surface area (TPSA) is 70.6 Å². The number of hydrogen-bond acceptors (Lipinski definition) is 6. The molecule has 3 fully saturated rings. The fourth-order valence-corrected chi connectivity index (χ4v) is 4.35. The third-order valence-electron chi connectivity index (χ3n) is 5.87. The van der Waals surface area contributed by atoms with Crippen LogP contribution in [0.15, 0.2) is 12.4 Å². The fraction of sp³-hybridized carbons (Fsp3) is 0.737. The van der Waals surface area contributed by atoms with E-state index in [9.17, 15) is 4.79 Å². The number of ether oxygens (including phenoxy) is 1. The smallest absolute Gasteiger partial charge is 0.222 e. The van der Waals surface area contributed by atoms with Gasteiger partial charge in [0.05, 0.1) is 12.3 Å². The number of nitrogens with one attached hydrogen (secondary N) is 1. The van der Waals surface area contributed by atoms with Crippen molar-refractivity contribution < 1.29 is 9.53 Å². The van der Waals surface area contributed by atoms with E-state index in [1.165, 1.54) is 12.8 Å². The van der Waals surface area contributed by atoms with E-state index in [2.05, 4.69) is 20.2 Å². The number of carbonyl (C=O) groups is 1. The molecule has 0 spiro atoms. The van der Waals surface area contributed by atoms with E-state index in [0.29, 0.717) is 24.5 Å². The van der Waals surface area contributed by atoms with Crippen molar-refractivity contribution in [1.82, 2.24) is 19.8 Å². The van der Waals surface area contributed by atoms with Crippen molar-refractivity contribution in [2.75, 3.05) is 45.2 Å². The van der Waals surface area contributed by atoms with Crippen LogP contribution in [0.2, 0.25) is 0 Å². The van der Waals surface area contributed by atoms with Gasteiger partial charge in [-0.15, -0.1) is 0 Å². The minimum atomic E-state index is 0.323. The second kappa shape index (κ2) is 7.88. The summed E-state index contributed by atoms with van der Waals surface area (Å²) in [6, 6.07) is 2.40. The van der Waals surface area contributed by atoms with Crippen molar-refractivity contribution in [1.29, 1.82) is 0 Å². The molecule has 1 aliphatic carbocycles. The summed E-state index contributed by atoms with van der Waals surface area (Å²) in [5.74, 6) is 2.72. The SMILES string of the molecule is COCc1cc(N[C@H]2CN(CCN3CCCC3=O)C[C@@H]2C2CC2)ncn1. The van der Waals surface area contributed by atoms with Crippen LogP contribution in [-0.4, -0.2) is 71.6 Å². The number of anilines is 1. The largest absolute Gasteiger partial charge is 0.378 e. The first-order chi connectivity index (χ1) is 12.7. The number of hydrogen-bond donors (Lipinski definition) is 1. The number of amides is 1. The first-order valence-electron chi connectivity index (χ1n) is 9.79. The van der Waals surface area contributed by atoms with Crippen molar-refractivity contribution in [3.63, 3.8) is 0 Å². The first-order valence-corrected chi connectivity index (χ1v) is 9.79. The van der Waals surface area contributed by atoms with Gasteiger partial charge >= 0.3 is 0 Å². The van der Waals surface area contributed by atoms with E-state index >= 15 is 0 Å². The van der Waals surface area contributed by atoms with Crippen LogP contribution in [0.3, 0.4) is 0 Å². The van der Waals surface area contributed by atoms with Crippen molar-refractivity contribution in [2.45, 2.75) is 38.3 Å². The fourth-order valence-electron chi connectivity index (χ4n) is 4.35. The molecule has 3 aliphatic rings. The van der Waals surface area contributed by atoms with Crippen LogP contribution in [0.1, 0.15) is 31.4 Å². The maximum Gasteiger partial charge on any atom is 0.222 e. The van der Waals surface area contributed by atoms with E-state index in [4.69, 9.17) is 4.74 Å². The second-order valence-electron chi connectivity index (χ2n) is 7.82. The average Bonchev–Trinajstić information content (AvgIpc) is 3.28. The molecule has 2 atom stereocenters. The summed E-state index contributed by atoms with van der Waals surface area (Å²) in [7, 11) is 1.68. The lowest BCUT2D eigenvalue weighted by molar-refractivity contribution is -0.127. The van der Waals surface area contributed by atoms with E-state index in [1.54, 1.807) is 13.4 Å². The van der Waals surface area contributed by atoms with Crippen LogP contribution >= 0.6 is 0 Å². The molecule has 0 radical (unpaired) electrons. The summed E-state index contributed by atoms with van der Waals surface area (Å²) in [6.45, 7) is 5.43. The van der Waals surface area contributed by atoms with E-state index < -0.39 is 0 Å². The molecule has 7 nitrogen and oxygen atoms in total. The van der Waals surface area contributed by atoms with Gasteiger partial charge in [-0.3, -0.25) is 9.69 Å². The maximum absolute atomic E-state index is 11.8. The number of rotatable bonds is 8. The van der Waals surface area contributed by atoms with Crippen molar-refractivity contribution >= 4 is 11.7 Å². The molecule has 4 rings (SSSR count). The highest BCUT2D eigenvalue weighted by Crippen LogP contribution is 2.42. The van der Waals surface area contributed by atoms with E-state index in [1.807, 2.05) is 11.0 Å². The van der Waals surface area contributed by atoms with Gasteiger partial charge in [0, 0.05) is 58.4 Å². The Labute approximate surface area is 155 Å². The minimum absolute atomic E-state index is 0.323. The lowest BCUT2D eigenvalue weighted by atomic mass is 9.98. The zero-order valence-electron chi connectivity index (χ0n) is 15.6. The Kier molecular flexibility index (Phi) is 5.36. The predicted octanol–water partition coefficient (Wildman–Crippen LogP) is 1.37. The Hall–Kier alpha value is -1.73. The molecule has 1 aromatic heterocycles. The van der Waals surface area contributed by atoms with Gasteiger partial charge in [-0.2, -0.15) is 0 Å². The van der Waals surface area contributed by atoms with Crippen LogP contribution in [0.4, 0.5) is 5.82 Å². The maximum atomic E-state index is 11.8. The molecular weight excluding hydrogens is 330 g/mol. The summed E-state index contributed by atoms with van der Waals surface area (Å²) < 4.78 is 5.17. The number of aromatic nitrogens is 2. The van der Waals surface area contributed by atoms with Crippen LogP contribution in [0, 0.1) is 11.8 Å². The first kappa shape index (κ1) is 17.7. The highest BCUT2D eigenvalue weighted by atomic mass is 16.5. The Morgan fingerprint density at radius 2 is 2.15 bits per heavy atom. The molecule has 0 unspecified atom stereocenters. The standard InChI is InChI=1S/C19H29N5O2/c1-26-12-15-9-18(21-13-20-15)22-17-11-23(10-16(17)14-4-5-14)7-8-24-6-2-3-19(24)25/h9,13-14,16-17H,2-8,10-12H2,1H3,(H,20,21,22)/t16-,17+/m1/s1. The molecule has 1 aromatic rings.